The van der Waals surface area contributed by atoms with E-state index in [4.69, 9.17) is 5.73 Å². The smallest absolute Gasteiger partial charge is 0.108 e. The van der Waals surface area contributed by atoms with Crippen molar-refractivity contribution in [1.29, 1.82) is 0 Å². The molecule has 0 radical (unpaired) electrons. The molecule has 2 rings (SSSR count). The molecule has 1 aliphatic carbocycles. The van der Waals surface area contributed by atoms with Crippen molar-refractivity contribution in [3.8, 4) is 0 Å². The van der Waals surface area contributed by atoms with Gasteiger partial charge in [-0.05, 0) is 45.1 Å². The Hall–Kier alpha value is -0.890. The Morgan fingerprint density at radius 2 is 1.81 bits per heavy atom. The van der Waals surface area contributed by atoms with E-state index in [-0.39, 0.29) is 5.54 Å². The van der Waals surface area contributed by atoms with E-state index in [0.717, 1.165) is 18.4 Å². The highest BCUT2D eigenvalue weighted by Gasteiger charge is 2.38. The minimum atomic E-state index is -1.02. The molecule has 2 N–H and O–H groups in total. The maximum Gasteiger partial charge on any atom is 0.108 e. The first-order valence-corrected chi connectivity index (χ1v) is 5.96. The van der Waals surface area contributed by atoms with Gasteiger partial charge in [0, 0.05) is 5.54 Å². The van der Waals surface area contributed by atoms with Crippen LogP contribution in [0.4, 0.5) is 4.39 Å². The van der Waals surface area contributed by atoms with Gasteiger partial charge in [0.25, 0.3) is 0 Å². The Morgan fingerprint density at radius 1 is 1.19 bits per heavy atom. The molecule has 0 heterocycles. The average molecular weight is 221 g/mol. The van der Waals surface area contributed by atoms with E-state index in [1.807, 2.05) is 6.07 Å². The van der Waals surface area contributed by atoms with Crippen molar-refractivity contribution in [2.75, 3.05) is 0 Å². The molecule has 0 spiro atoms. The molecule has 0 bridgehead atoms. The van der Waals surface area contributed by atoms with E-state index in [1.165, 1.54) is 5.56 Å². The van der Waals surface area contributed by atoms with Crippen molar-refractivity contribution in [2.45, 2.75) is 50.7 Å². The highest BCUT2D eigenvalue weighted by atomic mass is 19.1. The molecule has 0 unspecified atom stereocenters. The maximum absolute atomic E-state index is 13.8. The Bertz CT molecular complexity index is 374. The summed E-state index contributed by atoms with van der Waals surface area (Å²) in [6, 6.07) is 8.28. The van der Waals surface area contributed by atoms with Gasteiger partial charge < -0.3 is 5.73 Å². The first kappa shape index (κ1) is 11.6. The van der Waals surface area contributed by atoms with Crippen molar-refractivity contribution in [3.05, 3.63) is 35.4 Å². The number of halogens is 1. The minimum absolute atomic E-state index is 0.322. The van der Waals surface area contributed by atoms with Crippen LogP contribution in [0.15, 0.2) is 24.3 Å². The number of benzene rings is 1. The van der Waals surface area contributed by atoms with Crippen LogP contribution in [-0.4, -0.2) is 5.67 Å². The number of alkyl halides is 1. The van der Waals surface area contributed by atoms with Crippen molar-refractivity contribution >= 4 is 0 Å². The highest BCUT2D eigenvalue weighted by molar-refractivity contribution is 5.29. The summed E-state index contributed by atoms with van der Waals surface area (Å²) in [5.41, 5.74) is 7.43. The molecule has 0 atom stereocenters. The molecule has 1 saturated carbocycles. The fraction of sp³-hybridized carbons (Fsp3) is 0.571. The summed E-state index contributed by atoms with van der Waals surface area (Å²) in [5, 5.41) is 0. The Morgan fingerprint density at radius 3 is 2.38 bits per heavy atom. The zero-order chi connectivity index (χ0) is 11.8. The number of hydrogen-bond donors (Lipinski definition) is 1. The molecule has 0 aromatic heterocycles. The summed E-state index contributed by atoms with van der Waals surface area (Å²) >= 11 is 0. The molecular weight excluding hydrogens is 201 g/mol. The second-order valence-corrected chi connectivity index (χ2v) is 5.44. The Kier molecular flexibility index (Phi) is 2.79. The van der Waals surface area contributed by atoms with Crippen LogP contribution in [0.3, 0.4) is 0 Å². The highest BCUT2D eigenvalue weighted by Crippen LogP contribution is 2.41. The van der Waals surface area contributed by atoms with Crippen LogP contribution in [0, 0.1) is 6.92 Å². The van der Waals surface area contributed by atoms with Gasteiger partial charge in [-0.1, -0.05) is 29.8 Å². The molecule has 0 aliphatic heterocycles. The number of rotatable bonds is 1. The van der Waals surface area contributed by atoms with Crippen LogP contribution >= 0.6 is 0 Å². The second-order valence-electron chi connectivity index (χ2n) is 5.44. The fourth-order valence-electron chi connectivity index (χ4n) is 2.46. The molecular formula is C14H20FN. The van der Waals surface area contributed by atoms with Crippen LogP contribution in [0.2, 0.25) is 0 Å². The standard InChI is InChI=1S/C14H20FN/c1-11-4-3-5-12(10-11)14(16)8-6-13(2,15)7-9-14/h3-5,10H,6-9,16H2,1-2H3. The maximum atomic E-state index is 13.8. The third-order valence-corrected chi connectivity index (χ3v) is 3.78. The predicted octanol–water partition coefficient (Wildman–Crippen LogP) is 3.45. The van der Waals surface area contributed by atoms with E-state index < -0.39 is 5.67 Å². The fourth-order valence-corrected chi connectivity index (χ4v) is 2.46. The van der Waals surface area contributed by atoms with Crippen LogP contribution in [0.5, 0.6) is 0 Å². The third kappa shape index (κ3) is 2.27. The molecule has 1 aliphatic rings. The van der Waals surface area contributed by atoms with Gasteiger partial charge in [-0.3, -0.25) is 0 Å². The van der Waals surface area contributed by atoms with Crippen molar-refractivity contribution in [3.63, 3.8) is 0 Å². The molecule has 0 amide bonds. The molecule has 88 valence electrons. The lowest BCUT2D eigenvalue weighted by molar-refractivity contribution is 0.0898. The van der Waals surface area contributed by atoms with Gasteiger partial charge in [0.15, 0.2) is 0 Å². The molecule has 16 heavy (non-hydrogen) atoms. The second kappa shape index (κ2) is 3.85. The van der Waals surface area contributed by atoms with Crippen LogP contribution < -0.4 is 5.73 Å². The topological polar surface area (TPSA) is 26.0 Å². The van der Waals surface area contributed by atoms with Gasteiger partial charge in [-0.15, -0.1) is 0 Å². The predicted molar refractivity (Wildman–Crippen MR) is 65.0 cm³/mol. The normalized spacial score (nSPS) is 35.0. The molecule has 1 nitrogen and oxygen atoms in total. The lowest BCUT2D eigenvalue weighted by atomic mass is 9.72. The molecule has 1 aromatic carbocycles. The lowest BCUT2D eigenvalue weighted by Crippen LogP contribution is -2.43. The van der Waals surface area contributed by atoms with Gasteiger partial charge in [0.05, 0.1) is 0 Å². The molecule has 1 aromatic rings. The molecule has 1 fully saturated rings. The summed E-state index contributed by atoms with van der Waals surface area (Å²) in [5.74, 6) is 0. The van der Waals surface area contributed by atoms with Crippen LogP contribution in [-0.2, 0) is 5.54 Å². The first-order chi connectivity index (χ1) is 7.41. The summed E-state index contributed by atoms with van der Waals surface area (Å²) < 4.78 is 13.8. The van der Waals surface area contributed by atoms with Gasteiger partial charge in [-0.25, -0.2) is 4.39 Å². The molecule has 2 heteroatoms. The zero-order valence-electron chi connectivity index (χ0n) is 10.1. The quantitative estimate of drug-likeness (QED) is 0.772. The first-order valence-electron chi connectivity index (χ1n) is 5.96. The van der Waals surface area contributed by atoms with Crippen LogP contribution in [0.25, 0.3) is 0 Å². The van der Waals surface area contributed by atoms with E-state index in [2.05, 4.69) is 25.1 Å². The number of aryl methyl sites for hydroxylation is 1. The Labute approximate surface area is 96.9 Å². The Balaban J connectivity index is 2.21. The number of hydrogen-bond acceptors (Lipinski definition) is 1. The SMILES string of the molecule is Cc1cccc(C2(N)CCC(C)(F)CC2)c1. The summed E-state index contributed by atoms with van der Waals surface area (Å²) in [6.07, 6.45) is 2.61. The summed E-state index contributed by atoms with van der Waals surface area (Å²) in [4.78, 5) is 0. The van der Waals surface area contributed by atoms with E-state index in [9.17, 15) is 4.39 Å². The van der Waals surface area contributed by atoms with Crippen molar-refractivity contribution in [1.82, 2.24) is 0 Å². The molecule has 0 saturated heterocycles. The van der Waals surface area contributed by atoms with Gasteiger partial charge in [0.1, 0.15) is 5.67 Å². The van der Waals surface area contributed by atoms with E-state index >= 15 is 0 Å². The third-order valence-electron chi connectivity index (χ3n) is 3.78. The van der Waals surface area contributed by atoms with E-state index in [0.29, 0.717) is 12.8 Å². The van der Waals surface area contributed by atoms with Crippen molar-refractivity contribution in [2.24, 2.45) is 5.73 Å². The van der Waals surface area contributed by atoms with Crippen molar-refractivity contribution < 1.29 is 4.39 Å². The van der Waals surface area contributed by atoms with Gasteiger partial charge in [-0.2, -0.15) is 0 Å². The summed E-state index contributed by atoms with van der Waals surface area (Å²) in [6.45, 7) is 3.75. The summed E-state index contributed by atoms with van der Waals surface area (Å²) in [7, 11) is 0. The monoisotopic (exact) mass is 221 g/mol. The lowest BCUT2D eigenvalue weighted by Gasteiger charge is -2.39. The zero-order valence-corrected chi connectivity index (χ0v) is 10.1. The van der Waals surface area contributed by atoms with Gasteiger partial charge >= 0.3 is 0 Å². The average Bonchev–Trinajstić information content (AvgIpc) is 2.23. The number of nitrogens with two attached hydrogens (primary N) is 1. The van der Waals surface area contributed by atoms with E-state index in [1.54, 1.807) is 6.92 Å². The van der Waals surface area contributed by atoms with Gasteiger partial charge in [0.2, 0.25) is 0 Å². The largest absolute Gasteiger partial charge is 0.321 e. The van der Waals surface area contributed by atoms with Crippen LogP contribution in [0.1, 0.15) is 43.7 Å². The minimum Gasteiger partial charge on any atom is -0.321 e.